The molecule has 1 fully saturated rings. The first-order valence-corrected chi connectivity index (χ1v) is 10.1. The van der Waals surface area contributed by atoms with Crippen LogP contribution < -0.4 is 15.6 Å². The van der Waals surface area contributed by atoms with E-state index in [9.17, 15) is 9.59 Å². The highest BCUT2D eigenvalue weighted by Crippen LogP contribution is 2.24. The van der Waals surface area contributed by atoms with E-state index >= 15 is 0 Å². The topological polar surface area (TPSA) is 105 Å². The summed E-state index contributed by atoms with van der Waals surface area (Å²) in [5.74, 6) is -0.0790. The normalized spacial score (nSPS) is 15.0. The number of pyridine rings is 1. The summed E-state index contributed by atoms with van der Waals surface area (Å²) in [6.45, 7) is 5.33. The van der Waals surface area contributed by atoms with Gasteiger partial charge in [-0.25, -0.2) is 9.78 Å². The largest absolute Gasteiger partial charge is 0.462 e. The standard InChI is InChI=1S/C21H22N6O3/c1-2-30-20(29)16-17(28)13-12-23-21(26-10-5-8-22-9-11-26)25-18(13)27-15-7-4-3-6-14(15)24-19(16)27/h3-4,6-7,12,22,24H,2,5,8-11H2,1H3. The lowest BCUT2D eigenvalue weighted by atomic mass is 10.2. The number of anilines is 1. The van der Waals surface area contributed by atoms with Crippen LogP contribution in [0, 0.1) is 0 Å². The minimum atomic E-state index is -0.656. The molecule has 1 saturated heterocycles. The lowest BCUT2D eigenvalue weighted by Gasteiger charge is -2.20. The van der Waals surface area contributed by atoms with Gasteiger partial charge in [0.05, 0.1) is 23.0 Å². The van der Waals surface area contributed by atoms with Crippen LogP contribution in [0.3, 0.4) is 0 Å². The van der Waals surface area contributed by atoms with Crippen LogP contribution in [-0.2, 0) is 4.74 Å². The summed E-state index contributed by atoms with van der Waals surface area (Å²) in [7, 11) is 0. The van der Waals surface area contributed by atoms with Crippen LogP contribution in [0.25, 0.3) is 27.7 Å². The van der Waals surface area contributed by atoms with Gasteiger partial charge in [0.2, 0.25) is 11.4 Å². The molecule has 0 saturated carbocycles. The fraction of sp³-hybridized carbons (Fsp3) is 0.333. The van der Waals surface area contributed by atoms with Gasteiger partial charge in [-0.2, -0.15) is 4.98 Å². The summed E-state index contributed by atoms with van der Waals surface area (Å²) in [4.78, 5) is 40.4. The number of nitrogens with one attached hydrogen (secondary N) is 2. The van der Waals surface area contributed by atoms with Gasteiger partial charge >= 0.3 is 5.97 Å². The summed E-state index contributed by atoms with van der Waals surface area (Å²) in [5, 5.41) is 3.65. The van der Waals surface area contributed by atoms with Gasteiger partial charge in [-0.1, -0.05) is 12.1 Å². The molecule has 0 spiro atoms. The number of H-pyrrole nitrogens is 1. The Bertz CT molecular complexity index is 1320. The van der Waals surface area contributed by atoms with Gasteiger partial charge in [0.25, 0.3) is 0 Å². The summed E-state index contributed by atoms with van der Waals surface area (Å²) in [5.41, 5.74) is 2.02. The highest BCUT2D eigenvalue weighted by molar-refractivity contribution is 6.02. The van der Waals surface area contributed by atoms with Gasteiger partial charge in [0, 0.05) is 25.8 Å². The van der Waals surface area contributed by atoms with E-state index in [1.54, 1.807) is 6.92 Å². The van der Waals surface area contributed by atoms with Crippen LogP contribution in [0.5, 0.6) is 0 Å². The smallest absolute Gasteiger partial charge is 0.345 e. The van der Waals surface area contributed by atoms with E-state index in [1.807, 2.05) is 28.7 Å². The fourth-order valence-electron chi connectivity index (χ4n) is 4.00. The first-order valence-electron chi connectivity index (χ1n) is 10.1. The number of hydrogen-bond donors (Lipinski definition) is 2. The van der Waals surface area contributed by atoms with E-state index in [2.05, 4.69) is 20.2 Å². The Kier molecular flexibility index (Phi) is 4.59. The molecule has 0 bridgehead atoms. The Labute approximate surface area is 171 Å². The maximum atomic E-state index is 13.2. The number of rotatable bonds is 3. The van der Waals surface area contributed by atoms with Crippen LogP contribution in [0.2, 0.25) is 0 Å². The molecule has 9 heteroatoms. The summed E-state index contributed by atoms with van der Waals surface area (Å²) >= 11 is 0. The number of benzene rings is 1. The number of esters is 1. The third-order valence-electron chi connectivity index (χ3n) is 5.40. The maximum Gasteiger partial charge on any atom is 0.345 e. The van der Waals surface area contributed by atoms with Crippen molar-refractivity contribution in [3.8, 4) is 0 Å². The molecule has 1 aliphatic heterocycles. The molecule has 1 aromatic carbocycles. The molecule has 3 aromatic heterocycles. The average molecular weight is 406 g/mol. The van der Waals surface area contributed by atoms with Gasteiger partial charge in [0.1, 0.15) is 11.2 Å². The zero-order valence-corrected chi connectivity index (χ0v) is 16.6. The second kappa shape index (κ2) is 7.42. The van der Waals surface area contributed by atoms with E-state index in [0.717, 1.165) is 43.6 Å². The highest BCUT2D eigenvalue weighted by Gasteiger charge is 2.24. The highest BCUT2D eigenvalue weighted by atomic mass is 16.5. The Morgan fingerprint density at radius 1 is 1.23 bits per heavy atom. The van der Waals surface area contributed by atoms with Gasteiger partial charge < -0.3 is 19.9 Å². The van der Waals surface area contributed by atoms with E-state index in [4.69, 9.17) is 9.72 Å². The Balaban J connectivity index is 1.84. The number of aromatic amines is 1. The average Bonchev–Trinajstić information content (AvgIpc) is 2.93. The second-order valence-electron chi connectivity index (χ2n) is 7.25. The molecule has 2 N–H and O–H groups in total. The molecular weight excluding hydrogens is 384 g/mol. The molecule has 0 unspecified atom stereocenters. The maximum absolute atomic E-state index is 13.2. The van der Waals surface area contributed by atoms with Gasteiger partial charge in [-0.05, 0) is 32.0 Å². The predicted molar refractivity (Wildman–Crippen MR) is 114 cm³/mol. The van der Waals surface area contributed by atoms with Crippen molar-refractivity contribution in [2.45, 2.75) is 13.3 Å². The minimum absolute atomic E-state index is 0.0316. The van der Waals surface area contributed by atoms with Crippen LogP contribution in [-0.4, -0.2) is 58.1 Å². The molecule has 4 heterocycles. The van der Waals surface area contributed by atoms with Crippen LogP contribution in [0.1, 0.15) is 23.7 Å². The van der Waals surface area contributed by atoms with Gasteiger partial charge in [-0.15, -0.1) is 0 Å². The number of aromatic nitrogens is 4. The monoisotopic (exact) mass is 406 g/mol. The quantitative estimate of drug-likeness (QED) is 0.499. The summed E-state index contributed by atoms with van der Waals surface area (Å²) in [6.07, 6.45) is 2.51. The van der Waals surface area contributed by atoms with Crippen molar-refractivity contribution in [2.24, 2.45) is 0 Å². The van der Waals surface area contributed by atoms with E-state index in [0.29, 0.717) is 17.2 Å². The molecule has 5 rings (SSSR count). The SMILES string of the molecule is CCOC(=O)c1c(=O)c2cnc(N3CCCNCC3)nc2n2c1[nH]c1ccccc12. The van der Waals surface area contributed by atoms with Gasteiger partial charge in [-0.3, -0.25) is 9.20 Å². The molecule has 9 nitrogen and oxygen atoms in total. The first kappa shape index (κ1) is 18.6. The van der Waals surface area contributed by atoms with Crippen LogP contribution in [0.4, 0.5) is 5.95 Å². The number of fused-ring (bicyclic) bond motifs is 5. The Morgan fingerprint density at radius 2 is 2.10 bits per heavy atom. The van der Waals surface area contributed by atoms with Crippen molar-refractivity contribution in [1.82, 2.24) is 24.7 Å². The number of nitrogens with zero attached hydrogens (tertiary/aromatic N) is 4. The van der Waals surface area contributed by atoms with E-state index in [-0.39, 0.29) is 17.6 Å². The van der Waals surface area contributed by atoms with Crippen molar-refractivity contribution >= 4 is 39.6 Å². The Hall–Kier alpha value is -3.46. The Morgan fingerprint density at radius 3 is 2.97 bits per heavy atom. The van der Waals surface area contributed by atoms with Crippen molar-refractivity contribution in [3.05, 3.63) is 46.2 Å². The predicted octanol–water partition coefficient (Wildman–Crippen LogP) is 1.70. The molecule has 0 amide bonds. The first-order chi connectivity index (χ1) is 14.7. The molecular formula is C21H22N6O3. The molecule has 154 valence electrons. The molecule has 1 aliphatic rings. The third-order valence-corrected chi connectivity index (χ3v) is 5.40. The van der Waals surface area contributed by atoms with Crippen LogP contribution in [0.15, 0.2) is 35.3 Å². The van der Waals surface area contributed by atoms with Crippen molar-refractivity contribution < 1.29 is 9.53 Å². The zero-order valence-electron chi connectivity index (χ0n) is 16.6. The van der Waals surface area contributed by atoms with Crippen molar-refractivity contribution in [1.29, 1.82) is 0 Å². The number of carbonyl (C=O) groups is 1. The van der Waals surface area contributed by atoms with Crippen LogP contribution >= 0.6 is 0 Å². The van der Waals surface area contributed by atoms with E-state index < -0.39 is 11.4 Å². The molecule has 0 atom stereocenters. The number of imidazole rings is 1. The second-order valence-corrected chi connectivity index (χ2v) is 7.25. The van der Waals surface area contributed by atoms with Gasteiger partial charge in [0.15, 0.2) is 5.65 Å². The number of carbonyl (C=O) groups excluding carboxylic acids is 1. The van der Waals surface area contributed by atoms with Crippen molar-refractivity contribution in [2.75, 3.05) is 37.7 Å². The zero-order chi connectivity index (χ0) is 20.7. The van der Waals surface area contributed by atoms with Crippen molar-refractivity contribution in [3.63, 3.8) is 0 Å². The third kappa shape index (κ3) is 2.89. The molecule has 0 aliphatic carbocycles. The minimum Gasteiger partial charge on any atom is -0.462 e. The lowest BCUT2D eigenvalue weighted by molar-refractivity contribution is 0.0527. The fourth-order valence-corrected chi connectivity index (χ4v) is 4.00. The molecule has 30 heavy (non-hydrogen) atoms. The number of ether oxygens (including phenoxy) is 1. The molecule has 0 radical (unpaired) electrons. The summed E-state index contributed by atoms with van der Waals surface area (Å²) < 4.78 is 6.99. The summed E-state index contributed by atoms with van der Waals surface area (Å²) in [6, 6.07) is 7.63. The molecule has 4 aromatic rings. The lowest BCUT2D eigenvalue weighted by Crippen LogP contribution is -2.30. The number of hydrogen-bond acceptors (Lipinski definition) is 7. The number of para-hydroxylation sites is 2. The van der Waals surface area contributed by atoms with E-state index in [1.165, 1.54) is 6.20 Å².